The number of benzene rings is 2. The van der Waals surface area contributed by atoms with E-state index in [4.69, 9.17) is 0 Å². The third-order valence-electron chi connectivity index (χ3n) is 5.34. The average molecular weight is 429 g/mol. The van der Waals surface area contributed by atoms with Gasteiger partial charge in [-0.25, -0.2) is 8.42 Å². The van der Waals surface area contributed by atoms with E-state index in [1.165, 1.54) is 12.1 Å². The minimum absolute atomic E-state index is 0.0289. The van der Waals surface area contributed by atoms with Crippen LogP contribution in [0.25, 0.3) is 0 Å². The number of nitrogens with zero attached hydrogens (tertiary/aromatic N) is 2. The van der Waals surface area contributed by atoms with Crippen LogP contribution >= 0.6 is 0 Å². The zero-order valence-corrected chi connectivity index (χ0v) is 17.3. The van der Waals surface area contributed by atoms with E-state index in [2.05, 4.69) is 10.6 Å². The number of para-hydroxylation sites is 1. The molecule has 8 nitrogen and oxygen atoms in total. The van der Waals surface area contributed by atoms with E-state index in [0.29, 0.717) is 18.7 Å². The second-order valence-electron chi connectivity index (χ2n) is 7.46. The molecule has 0 aliphatic carbocycles. The van der Waals surface area contributed by atoms with E-state index in [1.807, 2.05) is 30.3 Å². The average Bonchev–Trinajstić information content (AvgIpc) is 3.22. The molecule has 2 saturated heterocycles. The van der Waals surface area contributed by atoms with Crippen molar-refractivity contribution < 1.29 is 18.0 Å². The lowest BCUT2D eigenvalue weighted by molar-refractivity contribution is -0.122. The SMILES string of the molecule is O=C1CN(S(=O)(=O)c2cccc(C(=O)N3CCC(Nc4ccccc4)C3)c2)CCN1. The summed E-state index contributed by atoms with van der Waals surface area (Å²) in [7, 11) is -3.84. The first-order valence-electron chi connectivity index (χ1n) is 9.91. The first-order chi connectivity index (χ1) is 14.4. The topological polar surface area (TPSA) is 98.8 Å². The Labute approximate surface area is 175 Å². The Morgan fingerprint density at radius 1 is 1.07 bits per heavy atom. The quantitative estimate of drug-likeness (QED) is 0.744. The van der Waals surface area contributed by atoms with Crippen molar-refractivity contribution in [2.45, 2.75) is 17.4 Å². The largest absolute Gasteiger partial charge is 0.380 e. The van der Waals surface area contributed by atoms with E-state index in [0.717, 1.165) is 16.4 Å². The molecule has 2 aliphatic heterocycles. The van der Waals surface area contributed by atoms with Crippen molar-refractivity contribution in [2.24, 2.45) is 0 Å². The van der Waals surface area contributed by atoms with Crippen LogP contribution in [0.5, 0.6) is 0 Å². The molecule has 0 bridgehead atoms. The molecule has 1 atom stereocenters. The molecule has 30 heavy (non-hydrogen) atoms. The monoisotopic (exact) mass is 428 g/mol. The molecular weight excluding hydrogens is 404 g/mol. The fourth-order valence-electron chi connectivity index (χ4n) is 3.77. The molecule has 2 aromatic carbocycles. The van der Waals surface area contributed by atoms with Gasteiger partial charge in [-0.1, -0.05) is 24.3 Å². The highest BCUT2D eigenvalue weighted by atomic mass is 32.2. The molecule has 0 radical (unpaired) electrons. The molecule has 2 aliphatic rings. The van der Waals surface area contributed by atoms with Gasteiger partial charge in [-0.15, -0.1) is 0 Å². The number of nitrogens with one attached hydrogen (secondary N) is 2. The molecule has 4 rings (SSSR count). The number of carbonyl (C=O) groups is 2. The van der Waals surface area contributed by atoms with Crippen LogP contribution in [-0.4, -0.2) is 68.2 Å². The lowest BCUT2D eigenvalue weighted by atomic mass is 10.2. The van der Waals surface area contributed by atoms with E-state index in [9.17, 15) is 18.0 Å². The Balaban J connectivity index is 1.46. The van der Waals surface area contributed by atoms with Crippen molar-refractivity contribution >= 4 is 27.5 Å². The predicted molar refractivity (Wildman–Crippen MR) is 113 cm³/mol. The van der Waals surface area contributed by atoms with Crippen LogP contribution in [0.4, 0.5) is 5.69 Å². The molecular formula is C21H24N4O4S. The minimum Gasteiger partial charge on any atom is -0.380 e. The summed E-state index contributed by atoms with van der Waals surface area (Å²) in [5, 5.41) is 6.04. The van der Waals surface area contributed by atoms with Gasteiger partial charge in [0.05, 0.1) is 11.4 Å². The first kappa shape index (κ1) is 20.4. The normalized spacial score (nSPS) is 20.1. The van der Waals surface area contributed by atoms with Crippen molar-refractivity contribution in [3.8, 4) is 0 Å². The summed E-state index contributed by atoms with van der Waals surface area (Å²) in [6.07, 6.45) is 0.821. The molecule has 2 N–H and O–H groups in total. The highest BCUT2D eigenvalue weighted by Gasteiger charge is 2.31. The number of amides is 2. The Bertz CT molecular complexity index is 1040. The van der Waals surface area contributed by atoms with Crippen molar-refractivity contribution in [1.29, 1.82) is 0 Å². The molecule has 2 amide bonds. The van der Waals surface area contributed by atoms with Crippen LogP contribution in [0.2, 0.25) is 0 Å². The van der Waals surface area contributed by atoms with Gasteiger partial charge < -0.3 is 15.5 Å². The molecule has 1 unspecified atom stereocenters. The van der Waals surface area contributed by atoms with Gasteiger partial charge in [0.15, 0.2) is 0 Å². The number of carbonyl (C=O) groups excluding carboxylic acids is 2. The smallest absolute Gasteiger partial charge is 0.253 e. The van der Waals surface area contributed by atoms with E-state index >= 15 is 0 Å². The molecule has 2 aromatic rings. The molecule has 9 heteroatoms. The maximum atomic E-state index is 13.0. The number of sulfonamides is 1. The fourth-order valence-corrected chi connectivity index (χ4v) is 5.22. The van der Waals surface area contributed by atoms with Gasteiger partial charge in [-0.05, 0) is 36.8 Å². The van der Waals surface area contributed by atoms with Gasteiger partial charge in [0.1, 0.15) is 0 Å². The molecule has 2 heterocycles. The van der Waals surface area contributed by atoms with Crippen LogP contribution in [0, 0.1) is 0 Å². The van der Waals surface area contributed by atoms with Crippen LogP contribution in [0.15, 0.2) is 59.5 Å². The van der Waals surface area contributed by atoms with Crippen LogP contribution in [0.1, 0.15) is 16.8 Å². The van der Waals surface area contributed by atoms with E-state index in [1.54, 1.807) is 17.0 Å². The van der Waals surface area contributed by atoms with E-state index in [-0.39, 0.29) is 42.4 Å². The summed E-state index contributed by atoms with van der Waals surface area (Å²) < 4.78 is 26.9. The van der Waals surface area contributed by atoms with Crippen LogP contribution in [-0.2, 0) is 14.8 Å². The van der Waals surface area contributed by atoms with E-state index < -0.39 is 10.0 Å². The summed E-state index contributed by atoms with van der Waals surface area (Å²) in [5.41, 5.74) is 1.34. The van der Waals surface area contributed by atoms with Crippen LogP contribution in [0.3, 0.4) is 0 Å². The van der Waals surface area contributed by atoms with Gasteiger partial charge in [-0.3, -0.25) is 9.59 Å². The molecule has 0 spiro atoms. The highest BCUT2D eigenvalue weighted by molar-refractivity contribution is 7.89. The first-order valence-corrected chi connectivity index (χ1v) is 11.4. The van der Waals surface area contributed by atoms with Crippen molar-refractivity contribution in [1.82, 2.24) is 14.5 Å². The number of hydrogen-bond acceptors (Lipinski definition) is 5. The Kier molecular flexibility index (Phi) is 5.74. The number of anilines is 1. The standard InChI is InChI=1S/C21H24N4O4S/c26-20-15-25(12-10-22-20)30(28,29)19-8-4-5-16(13-19)21(27)24-11-9-18(14-24)23-17-6-2-1-3-7-17/h1-8,13,18,23H,9-12,14-15H2,(H,22,26). The molecule has 0 saturated carbocycles. The van der Waals surface area contributed by atoms with Gasteiger partial charge in [-0.2, -0.15) is 4.31 Å². The summed E-state index contributed by atoms with van der Waals surface area (Å²) >= 11 is 0. The van der Waals surface area contributed by atoms with Gasteiger partial charge >= 0.3 is 0 Å². The fraction of sp³-hybridized carbons (Fsp3) is 0.333. The highest BCUT2D eigenvalue weighted by Crippen LogP contribution is 2.21. The summed E-state index contributed by atoms with van der Waals surface area (Å²) in [6.45, 7) is 1.44. The van der Waals surface area contributed by atoms with Crippen molar-refractivity contribution in [3.63, 3.8) is 0 Å². The number of hydrogen-bond donors (Lipinski definition) is 2. The Morgan fingerprint density at radius 2 is 1.87 bits per heavy atom. The molecule has 0 aromatic heterocycles. The van der Waals surface area contributed by atoms with Crippen molar-refractivity contribution in [2.75, 3.05) is 38.0 Å². The summed E-state index contributed by atoms with van der Waals surface area (Å²) in [6, 6.07) is 16.0. The zero-order valence-electron chi connectivity index (χ0n) is 16.5. The number of rotatable bonds is 5. The molecule has 158 valence electrons. The third kappa shape index (κ3) is 4.31. The third-order valence-corrected chi connectivity index (χ3v) is 7.18. The maximum absolute atomic E-state index is 13.0. The lowest BCUT2D eigenvalue weighted by Crippen LogP contribution is -2.49. The second-order valence-corrected chi connectivity index (χ2v) is 9.40. The predicted octanol–water partition coefficient (Wildman–Crippen LogP) is 1.13. The minimum atomic E-state index is -3.84. The number of piperazine rings is 1. The zero-order chi connectivity index (χ0) is 21.1. The van der Waals surface area contributed by atoms with Gasteiger partial charge in [0, 0.05) is 43.5 Å². The lowest BCUT2D eigenvalue weighted by Gasteiger charge is -2.26. The Morgan fingerprint density at radius 3 is 2.63 bits per heavy atom. The summed E-state index contributed by atoms with van der Waals surface area (Å²) in [4.78, 5) is 26.3. The van der Waals surface area contributed by atoms with Crippen molar-refractivity contribution in [3.05, 3.63) is 60.2 Å². The maximum Gasteiger partial charge on any atom is 0.253 e. The van der Waals surface area contributed by atoms with Gasteiger partial charge in [0.25, 0.3) is 5.91 Å². The van der Waals surface area contributed by atoms with Crippen LogP contribution < -0.4 is 10.6 Å². The summed E-state index contributed by atoms with van der Waals surface area (Å²) in [5.74, 6) is -0.521. The Hall–Kier alpha value is -2.91. The second kappa shape index (κ2) is 8.45. The number of likely N-dealkylation sites (tertiary alicyclic amines) is 1. The molecule has 2 fully saturated rings. The van der Waals surface area contributed by atoms with Gasteiger partial charge in [0.2, 0.25) is 15.9 Å².